The lowest BCUT2D eigenvalue weighted by molar-refractivity contribution is -0.113. The number of nitrogens with two attached hydrogens (primary N) is 1. The van der Waals surface area contributed by atoms with E-state index in [4.69, 9.17) is 5.73 Å². The van der Waals surface area contributed by atoms with Gasteiger partial charge in [0.2, 0.25) is 15.7 Å². The maximum Gasteiger partial charge on any atom is 0.241 e. The molecule has 0 aliphatic rings. The predicted molar refractivity (Wildman–Crippen MR) is 114 cm³/mol. The minimum absolute atomic E-state index is 0.160. The van der Waals surface area contributed by atoms with Crippen molar-refractivity contribution in [3.8, 4) is 11.1 Å². The normalized spacial score (nSPS) is 11.9. The highest BCUT2D eigenvalue weighted by Crippen LogP contribution is 2.34. The Morgan fingerprint density at radius 2 is 1.87 bits per heavy atom. The number of hydrogen-bond donors (Lipinski definition) is 1. The monoisotopic (exact) mass is 418 g/mol. The third kappa shape index (κ3) is 3.48. The summed E-state index contributed by atoms with van der Waals surface area (Å²) in [5.74, 6) is -0.601. The largest absolute Gasteiger partial charge is 0.366 e. The third-order valence-corrected chi connectivity index (χ3v) is 6.58. The van der Waals surface area contributed by atoms with Crippen LogP contribution < -0.4 is 5.73 Å². The zero-order valence-electron chi connectivity index (χ0n) is 16.1. The smallest absolute Gasteiger partial charge is 0.241 e. The SMILES string of the molecule is Cn1ncc2cc(S(=O)(=O)c3ccccc3-c3ccncc3/C=C/C(N)=O)ccc21. The van der Waals surface area contributed by atoms with Crippen LogP contribution in [-0.4, -0.2) is 29.1 Å². The Morgan fingerprint density at radius 1 is 1.07 bits per heavy atom. The van der Waals surface area contributed by atoms with Crippen LogP contribution in [0.5, 0.6) is 0 Å². The first-order valence-corrected chi connectivity index (χ1v) is 10.5. The molecule has 0 fully saturated rings. The summed E-state index contributed by atoms with van der Waals surface area (Å²) in [6.45, 7) is 0. The molecule has 0 bridgehead atoms. The van der Waals surface area contributed by atoms with E-state index in [0.717, 1.165) is 10.9 Å². The van der Waals surface area contributed by atoms with Crippen LogP contribution in [0.4, 0.5) is 0 Å². The molecule has 0 aliphatic carbocycles. The summed E-state index contributed by atoms with van der Waals surface area (Å²) in [4.78, 5) is 15.6. The lowest BCUT2D eigenvalue weighted by Crippen LogP contribution is -2.06. The molecule has 8 heteroatoms. The van der Waals surface area contributed by atoms with E-state index in [1.165, 1.54) is 12.2 Å². The number of carbonyl (C=O) groups excluding carboxylic acids is 1. The number of rotatable bonds is 5. The Bertz CT molecular complexity index is 1400. The lowest BCUT2D eigenvalue weighted by Gasteiger charge is -2.13. The summed E-state index contributed by atoms with van der Waals surface area (Å²) in [6.07, 6.45) is 7.50. The predicted octanol–water partition coefficient (Wildman–Crippen LogP) is 2.97. The van der Waals surface area contributed by atoms with E-state index in [2.05, 4.69) is 10.1 Å². The van der Waals surface area contributed by atoms with Gasteiger partial charge in [-0.3, -0.25) is 14.5 Å². The highest BCUT2D eigenvalue weighted by Gasteiger charge is 2.23. The number of fused-ring (bicyclic) bond motifs is 1. The maximum absolute atomic E-state index is 13.5. The molecule has 2 aromatic heterocycles. The number of benzene rings is 2. The Kier molecular flexibility index (Phi) is 4.93. The minimum Gasteiger partial charge on any atom is -0.366 e. The van der Waals surface area contributed by atoms with E-state index in [9.17, 15) is 13.2 Å². The Morgan fingerprint density at radius 3 is 2.67 bits per heavy atom. The van der Waals surface area contributed by atoms with Crippen molar-refractivity contribution in [2.45, 2.75) is 9.79 Å². The summed E-state index contributed by atoms with van der Waals surface area (Å²) < 4.78 is 28.7. The molecule has 2 aromatic carbocycles. The van der Waals surface area contributed by atoms with Crippen LogP contribution in [0.1, 0.15) is 5.56 Å². The molecule has 0 unspecified atom stereocenters. The second-order valence-electron chi connectivity index (χ2n) is 6.69. The number of amides is 1. The molecular weight excluding hydrogens is 400 g/mol. The molecule has 30 heavy (non-hydrogen) atoms. The van der Waals surface area contributed by atoms with Crippen LogP contribution in [0.2, 0.25) is 0 Å². The third-order valence-electron chi connectivity index (χ3n) is 4.77. The fraction of sp³-hybridized carbons (Fsp3) is 0.0455. The summed E-state index contributed by atoms with van der Waals surface area (Å²) in [6, 6.07) is 13.4. The molecule has 0 spiro atoms. The molecule has 150 valence electrons. The van der Waals surface area contributed by atoms with Gasteiger partial charge >= 0.3 is 0 Å². The van der Waals surface area contributed by atoms with Gasteiger partial charge in [-0.25, -0.2) is 8.42 Å². The molecule has 0 saturated heterocycles. The van der Waals surface area contributed by atoms with Crippen LogP contribution in [-0.2, 0) is 21.7 Å². The van der Waals surface area contributed by atoms with Gasteiger partial charge in [-0.15, -0.1) is 0 Å². The second kappa shape index (κ2) is 7.57. The number of carbonyl (C=O) groups is 1. The molecule has 7 nitrogen and oxygen atoms in total. The van der Waals surface area contributed by atoms with E-state index in [1.807, 2.05) is 0 Å². The molecule has 2 heterocycles. The van der Waals surface area contributed by atoms with Crippen molar-refractivity contribution in [2.75, 3.05) is 0 Å². The first-order valence-electron chi connectivity index (χ1n) is 9.06. The first-order chi connectivity index (χ1) is 14.4. The number of aromatic nitrogens is 3. The minimum atomic E-state index is -3.82. The Labute approximate surface area is 173 Å². The summed E-state index contributed by atoms with van der Waals surface area (Å²) in [5.41, 5.74) is 7.77. The fourth-order valence-electron chi connectivity index (χ4n) is 3.32. The summed E-state index contributed by atoms with van der Waals surface area (Å²) in [5, 5.41) is 4.91. The number of nitrogens with zero attached hydrogens (tertiary/aromatic N) is 3. The van der Waals surface area contributed by atoms with Gasteiger partial charge in [0, 0.05) is 42.0 Å². The molecule has 0 saturated carbocycles. The van der Waals surface area contributed by atoms with Crippen molar-refractivity contribution in [1.82, 2.24) is 14.8 Å². The summed E-state index contributed by atoms with van der Waals surface area (Å²) >= 11 is 0. The zero-order valence-corrected chi connectivity index (χ0v) is 16.9. The summed E-state index contributed by atoms with van der Waals surface area (Å²) in [7, 11) is -2.02. The maximum atomic E-state index is 13.5. The van der Waals surface area contributed by atoms with Gasteiger partial charge in [0.25, 0.3) is 0 Å². The molecule has 0 atom stereocenters. The van der Waals surface area contributed by atoms with Gasteiger partial charge in [0.1, 0.15) is 0 Å². The quantitative estimate of drug-likeness (QED) is 0.501. The van der Waals surface area contributed by atoms with Gasteiger partial charge in [0.05, 0.1) is 21.5 Å². The highest BCUT2D eigenvalue weighted by atomic mass is 32.2. The van der Waals surface area contributed by atoms with Crippen molar-refractivity contribution in [3.05, 3.63) is 78.8 Å². The van der Waals surface area contributed by atoms with E-state index < -0.39 is 15.7 Å². The van der Waals surface area contributed by atoms with Gasteiger partial charge in [-0.05, 0) is 42.0 Å². The van der Waals surface area contributed by atoms with Crippen LogP contribution in [0, 0.1) is 0 Å². The number of hydrogen-bond acceptors (Lipinski definition) is 5. The Hall–Kier alpha value is -3.78. The number of sulfone groups is 1. The molecule has 0 radical (unpaired) electrons. The molecular formula is C22H18N4O3S. The van der Waals surface area contributed by atoms with E-state index in [0.29, 0.717) is 16.7 Å². The van der Waals surface area contributed by atoms with Crippen molar-refractivity contribution in [1.29, 1.82) is 0 Å². The molecule has 4 aromatic rings. The van der Waals surface area contributed by atoms with E-state index >= 15 is 0 Å². The van der Waals surface area contributed by atoms with Gasteiger partial charge in [0.15, 0.2) is 0 Å². The molecule has 2 N–H and O–H groups in total. The average molecular weight is 418 g/mol. The number of aryl methyl sites for hydroxylation is 1. The van der Waals surface area contributed by atoms with Crippen LogP contribution >= 0.6 is 0 Å². The van der Waals surface area contributed by atoms with E-state index in [1.54, 1.807) is 78.9 Å². The van der Waals surface area contributed by atoms with Gasteiger partial charge < -0.3 is 5.73 Å². The van der Waals surface area contributed by atoms with Gasteiger partial charge in [-0.1, -0.05) is 18.2 Å². The standard InChI is InChI=1S/C22H18N4O3S/c1-26-20-8-7-17(12-16(20)14-25-26)30(28,29)21-5-3-2-4-19(21)18-10-11-24-13-15(18)6-9-22(23)27/h2-14H,1H3,(H2,23,27)/b9-6+. The lowest BCUT2D eigenvalue weighted by atomic mass is 10.0. The van der Waals surface area contributed by atoms with Crippen molar-refractivity contribution in [3.63, 3.8) is 0 Å². The van der Waals surface area contributed by atoms with E-state index in [-0.39, 0.29) is 9.79 Å². The fourth-order valence-corrected chi connectivity index (χ4v) is 4.82. The van der Waals surface area contributed by atoms with Crippen molar-refractivity contribution < 1.29 is 13.2 Å². The average Bonchev–Trinajstić information content (AvgIpc) is 3.12. The number of pyridine rings is 1. The first kappa shape index (κ1) is 19.5. The molecule has 1 amide bonds. The van der Waals surface area contributed by atoms with Crippen LogP contribution in [0.3, 0.4) is 0 Å². The molecule has 0 aliphatic heterocycles. The van der Waals surface area contributed by atoms with Crippen LogP contribution in [0.15, 0.2) is 83.0 Å². The Balaban J connectivity index is 1.89. The van der Waals surface area contributed by atoms with Gasteiger partial charge in [-0.2, -0.15) is 5.10 Å². The van der Waals surface area contributed by atoms with Crippen molar-refractivity contribution >= 4 is 32.7 Å². The molecule has 4 rings (SSSR count). The number of primary amides is 1. The van der Waals surface area contributed by atoms with Crippen molar-refractivity contribution in [2.24, 2.45) is 12.8 Å². The zero-order chi connectivity index (χ0) is 21.3. The highest BCUT2D eigenvalue weighted by molar-refractivity contribution is 7.91. The van der Waals surface area contributed by atoms with Crippen LogP contribution in [0.25, 0.3) is 28.1 Å². The second-order valence-corrected chi connectivity index (χ2v) is 8.61. The topological polar surface area (TPSA) is 108 Å².